The fourth-order valence-corrected chi connectivity index (χ4v) is 4.62. The van der Waals surface area contributed by atoms with Gasteiger partial charge in [0, 0.05) is 17.2 Å². The number of hydrogen-bond donors (Lipinski definition) is 1. The summed E-state index contributed by atoms with van der Waals surface area (Å²) >= 11 is 1.34. The normalized spacial score (nSPS) is 13.7. The Balaban J connectivity index is 1.67. The van der Waals surface area contributed by atoms with Gasteiger partial charge >= 0.3 is 0 Å². The van der Waals surface area contributed by atoms with E-state index in [1.807, 2.05) is 66.7 Å². The quantitative estimate of drug-likeness (QED) is 0.547. The van der Waals surface area contributed by atoms with Crippen molar-refractivity contribution < 1.29 is 4.79 Å². The number of rotatable bonds is 6. The fraction of sp³-hybridized carbons (Fsp3) is 0.240. The van der Waals surface area contributed by atoms with E-state index in [2.05, 4.69) is 11.4 Å². The summed E-state index contributed by atoms with van der Waals surface area (Å²) in [5.74, 6) is 0.258. The first-order chi connectivity index (χ1) is 14.7. The molecule has 4 nitrogen and oxygen atoms in total. The van der Waals surface area contributed by atoms with Crippen molar-refractivity contribution in [3.05, 3.63) is 72.3 Å². The third-order valence-electron chi connectivity index (χ3n) is 5.31. The number of aromatic nitrogens is 1. The third kappa shape index (κ3) is 4.72. The van der Waals surface area contributed by atoms with Crippen LogP contribution in [0.15, 0.2) is 71.8 Å². The number of hydrogen-bond acceptors (Lipinski definition) is 4. The minimum Gasteiger partial charge on any atom is -0.353 e. The van der Waals surface area contributed by atoms with Gasteiger partial charge in [0.1, 0.15) is 11.1 Å². The molecule has 5 heteroatoms. The van der Waals surface area contributed by atoms with Gasteiger partial charge in [0.2, 0.25) is 5.91 Å². The number of nitriles is 1. The Hall–Kier alpha value is -3.10. The van der Waals surface area contributed by atoms with Gasteiger partial charge in [0.05, 0.1) is 17.0 Å². The summed E-state index contributed by atoms with van der Waals surface area (Å²) in [5, 5.41) is 13.6. The summed E-state index contributed by atoms with van der Waals surface area (Å²) in [6.45, 7) is 0. The molecule has 2 aromatic carbocycles. The minimum atomic E-state index is 0.00367. The molecule has 150 valence electrons. The Kier molecular flexibility index (Phi) is 6.46. The SMILES string of the molecule is N#Cc1c(-c2ccccc2)cc(-c2ccccc2)nc1SCC(=O)NC1CCCC1. The minimum absolute atomic E-state index is 0.00367. The molecule has 1 aromatic heterocycles. The molecule has 0 spiro atoms. The van der Waals surface area contributed by atoms with Crippen molar-refractivity contribution in [3.63, 3.8) is 0 Å². The van der Waals surface area contributed by atoms with Gasteiger partial charge in [-0.2, -0.15) is 5.26 Å². The second kappa shape index (κ2) is 9.60. The lowest BCUT2D eigenvalue weighted by atomic mass is 9.99. The van der Waals surface area contributed by atoms with Crippen LogP contribution in [0.25, 0.3) is 22.4 Å². The van der Waals surface area contributed by atoms with E-state index in [1.54, 1.807) is 0 Å². The highest BCUT2D eigenvalue weighted by molar-refractivity contribution is 8.00. The van der Waals surface area contributed by atoms with Gasteiger partial charge in [-0.15, -0.1) is 0 Å². The predicted molar refractivity (Wildman–Crippen MR) is 121 cm³/mol. The summed E-state index contributed by atoms with van der Waals surface area (Å²) in [5.41, 5.74) is 4.10. The fourth-order valence-electron chi connectivity index (χ4n) is 3.81. The Bertz CT molecular complexity index is 1060. The number of carbonyl (C=O) groups is 1. The lowest BCUT2D eigenvalue weighted by Gasteiger charge is -2.14. The van der Waals surface area contributed by atoms with Gasteiger partial charge in [0.15, 0.2) is 0 Å². The number of benzene rings is 2. The van der Waals surface area contributed by atoms with E-state index in [9.17, 15) is 10.1 Å². The topological polar surface area (TPSA) is 65.8 Å². The second-order valence-electron chi connectivity index (χ2n) is 7.42. The van der Waals surface area contributed by atoms with Gasteiger partial charge in [-0.05, 0) is 24.5 Å². The molecule has 1 aliphatic carbocycles. The van der Waals surface area contributed by atoms with Gasteiger partial charge < -0.3 is 5.32 Å². The summed E-state index contributed by atoms with van der Waals surface area (Å²) in [4.78, 5) is 17.2. The Morgan fingerprint density at radius 3 is 2.30 bits per heavy atom. The predicted octanol–water partition coefficient (Wildman–Crippen LogP) is 5.44. The van der Waals surface area contributed by atoms with Crippen molar-refractivity contribution >= 4 is 17.7 Å². The first-order valence-electron chi connectivity index (χ1n) is 10.2. The zero-order valence-corrected chi connectivity index (χ0v) is 17.5. The number of carbonyl (C=O) groups excluding carboxylic acids is 1. The smallest absolute Gasteiger partial charge is 0.230 e. The molecule has 1 fully saturated rings. The van der Waals surface area contributed by atoms with E-state index in [-0.39, 0.29) is 17.7 Å². The molecule has 1 amide bonds. The van der Waals surface area contributed by atoms with E-state index in [1.165, 1.54) is 24.6 Å². The molecule has 0 unspecified atom stereocenters. The highest BCUT2D eigenvalue weighted by atomic mass is 32.2. The standard InChI is InChI=1S/C25H23N3OS/c26-16-22-21(18-9-3-1-4-10-18)15-23(19-11-5-2-6-12-19)28-25(22)30-17-24(29)27-20-13-7-8-14-20/h1-6,9-12,15,20H,7-8,13-14,17H2,(H,27,29). The highest BCUT2D eigenvalue weighted by Gasteiger charge is 2.19. The van der Waals surface area contributed by atoms with E-state index in [0.717, 1.165) is 35.2 Å². The Labute approximate surface area is 181 Å². The van der Waals surface area contributed by atoms with E-state index in [4.69, 9.17) is 4.98 Å². The molecule has 1 saturated carbocycles. The molecule has 0 radical (unpaired) electrons. The maximum atomic E-state index is 12.4. The first-order valence-corrected chi connectivity index (χ1v) is 11.2. The molecule has 1 N–H and O–H groups in total. The monoisotopic (exact) mass is 413 g/mol. The summed E-state index contributed by atoms with van der Waals surface area (Å²) < 4.78 is 0. The molecule has 1 aliphatic rings. The van der Waals surface area contributed by atoms with Crippen LogP contribution in [-0.4, -0.2) is 22.7 Å². The average molecular weight is 414 g/mol. The molecule has 0 aliphatic heterocycles. The number of nitrogens with one attached hydrogen (secondary N) is 1. The summed E-state index contributed by atoms with van der Waals surface area (Å²) in [6, 6.07) is 24.4. The third-order valence-corrected chi connectivity index (χ3v) is 6.29. The number of amides is 1. The Morgan fingerprint density at radius 1 is 1.03 bits per heavy atom. The summed E-state index contributed by atoms with van der Waals surface area (Å²) in [7, 11) is 0. The molecule has 3 aromatic rings. The lowest BCUT2D eigenvalue weighted by Crippen LogP contribution is -2.33. The molecule has 0 atom stereocenters. The van der Waals surface area contributed by atoms with Crippen molar-refractivity contribution in [1.29, 1.82) is 5.26 Å². The average Bonchev–Trinajstić information content (AvgIpc) is 3.31. The molecular weight excluding hydrogens is 390 g/mol. The van der Waals surface area contributed by atoms with Crippen LogP contribution in [0.5, 0.6) is 0 Å². The molecule has 0 saturated heterocycles. The number of pyridine rings is 1. The van der Waals surface area contributed by atoms with E-state index in [0.29, 0.717) is 10.6 Å². The molecular formula is C25H23N3OS. The summed E-state index contributed by atoms with van der Waals surface area (Å²) in [6.07, 6.45) is 4.47. The first kappa shape index (κ1) is 20.2. The Morgan fingerprint density at radius 2 is 1.67 bits per heavy atom. The van der Waals surface area contributed by atoms with Gasteiger partial charge in [-0.3, -0.25) is 4.79 Å². The maximum Gasteiger partial charge on any atom is 0.230 e. The van der Waals surface area contributed by atoms with Crippen molar-refractivity contribution in [3.8, 4) is 28.5 Å². The zero-order valence-electron chi connectivity index (χ0n) is 16.7. The van der Waals surface area contributed by atoms with Crippen LogP contribution in [0.3, 0.4) is 0 Å². The zero-order chi connectivity index (χ0) is 20.8. The van der Waals surface area contributed by atoms with Gasteiger partial charge in [0.25, 0.3) is 0 Å². The maximum absolute atomic E-state index is 12.4. The molecule has 4 rings (SSSR count). The lowest BCUT2D eigenvalue weighted by molar-refractivity contribution is -0.119. The van der Waals surface area contributed by atoms with Crippen LogP contribution in [-0.2, 0) is 4.79 Å². The highest BCUT2D eigenvalue weighted by Crippen LogP contribution is 2.34. The van der Waals surface area contributed by atoms with Gasteiger partial charge in [-0.1, -0.05) is 85.3 Å². The van der Waals surface area contributed by atoms with Crippen LogP contribution in [0.4, 0.5) is 0 Å². The second-order valence-corrected chi connectivity index (χ2v) is 8.38. The number of thioether (sulfide) groups is 1. The van der Waals surface area contributed by atoms with Crippen LogP contribution < -0.4 is 5.32 Å². The van der Waals surface area contributed by atoms with Crippen LogP contribution in [0, 0.1) is 11.3 Å². The van der Waals surface area contributed by atoms with Gasteiger partial charge in [-0.25, -0.2) is 4.98 Å². The van der Waals surface area contributed by atoms with Crippen molar-refractivity contribution in [2.75, 3.05) is 5.75 Å². The van der Waals surface area contributed by atoms with Crippen LogP contribution in [0.1, 0.15) is 31.2 Å². The number of nitrogens with zero attached hydrogens (tertiary/aromatic N) is 2. The van der Waals surface area contributed by atoms with E-state index < -0.39 is 0 Å². The van der Waals surface area contributed by atoms with Crippen molar-refractivity contribution in [2.24, 2.45) is 0 Å². The van der Waals surface area contributed by atoms with Crippen molar-refractivity contribution in [2.45, 2.75) is 36.8 Å². The van der Waals surface area contributed by atoms with Crippen LogP contribution >= 0.6 is 11.8 Å². The molecule has 0 bridgehead atoms. The molecule has 1 heterocycles. The molecule has 30 heavy (non-hydrogen) atoms. The van der Waals surface area contributed by atoms with Crippen LogP contribution in [0.2, 0.25) is 0 Å². The largest absolute Gasteiger partial charge is 0.353 e. The van der Waals surface area contributed by atoms with Crippen molar-refractivity contribution in [1.82, 2.24) is 10.3 Å². The van der Waals surface area contributed by atoms with E-state index >= 15 is 0 Å².